The summed E-state index contributed by atoms with van der Waals surface area (Å²) in [4.78, 5) is 2.64. The smallest absolute Gasteiger partial charge is 0.00960 e. The number of rotatable bonds is 3. The quantitative estimate of drug-likeness (QED) is 0.741. The monoisotopic (exact) mass is 196 g/mol. The number of nitrogens with zero attached hydrogens (tertiary/aromatic N) is 1. The summed E-state index contributed by atoms with van der Waals surface area (Å²) in [5, 5.41) is 3.45. The number of hydrogen-bond donors (Lipinski definition) is 1. The van der Waals surface area contributed by atoms with Gasteiger partial charge in [0, 0.05) is 12.1 Å². The van der Waals surface area contributed by atoms with Gasteiger partial charge in [-0.3, -0.25) is 0 Å². The predicted octanol–water partition coefficient (Wildman–Crippen LogP) is 1.86. The van der Waals surface area contributed by atoms with E-state index < -0.39 is 0 Å². The van der Waals surface area contributed by atoms with Gasteiger partial charge < -0.3 is 10.2 Å². The van der Waals surface area contributed by atoms with Gasteiger partial charge >= 0.3 is 0 Å². The van der Waals surface area contributed by atoms with Crippen molar-refractivity contribution in [1.29, 1.82) is 0 Å². The Morgan fingerprint density at radius 3 is 2.29 bits per heavy atom. The fourth-order valence-electron chi connectivity index (χ4n) is 2.79. The van der Waals surface area contributed by atoms with E-state index >= 15 is 0 Å². The lowest BCUT2D eigenvalue weighted by atomic mass is 9.85. The van der Waals surface area contributed by atoms with E-state index in [1.54, 1.807) is 0 Å². The van der Waals surface area contributed by atoms with E-state index in [2.05, 4.69) is 24.2 Å². The van der Waals surface area contributed by atoms with E-state index in [1.807, 2.05) is 0 Å². The molecule has 1 saturated heterocycles. The Hall–Kier alpha value is -0.0800. The lowest BCUT2D eigenvalue weighted by Crippen LogP contribution is -2.47. The van der Waals surface area contributed by atoms with Crippen LogP contribution in [0.25, 0.3) is 0 Å². The molecule has 82 valence electrons. The van der Waals surface area contributed by atoms with Crippen LogP contribution in [-0.4, -0.2) is 37.1 Å². The summed E-state index contributed by atoms with van der Waals surface area (Å²) in [6, 6.07) is 1.70. The van der Waals surface area contributed by atoms with Gasteiger partial charge in [0.2, 0.25) is 0 Å². The number of nitrogens with one attached hydrogen (secondary N) is 1. The van der Waals surface area contributed by atoms with Crippen LogP contribution in [0.1, 0.15) is 39.0 Å². The van der Waals surface area contributed by atoms with Crippen molar-refractivity contribution in [1.82, 2.24) is 10.2 Å². The van der Waals surface area contributed by atoms with E-state index in [4.69, 9.17) is 0 Å². The zero-order valence-electron chi connectivity index (χ0n) is 9.63. The zero-order chi connectivity index (χ0) is 9.97. The van der Waals surface area contributed by atoms with Gasteiger partial charge in [-0.1, -0.05) is 6.42 Å². The maximum atomic E-state index is 3.45. The first kappa shape index (κ1) is 10.4. The molecule has 2 rings (SSSR count). The van der Waals surface area contributed by atoms with Gasteiger partial charge in [0.25, 0.3) is 0 Å². The summed E-state index contributed by atoms with van der Waals surface area (Å²) < 4.78 is 0. The summed E-state index contributed by atoms with van der Waals surface area (Å²) in [5.74, 6) is 0.932. The molecule has 2 nitrogen and oxygen atoms in total. The molecule has 0 bridgehead atoms. The maximum Gasteiger partial charge on any atom is 0.00960 e. The zero-order valence-corrected chi connectivity index (χ0v) is 9.63. The third-order valence-corrected chi connectivity index (χ3v) is 4.36. The van der Waals surface area contributed by atoms with Crippen LogP contribution in [0.15, 0.2) is 0 Å². The Labute approximate surface area is 88.1 Å². The minimum Gasteiger partial charge on any atom is -0.317 e. The normalized spacial score (nSPS) is 27.6. The van der Waals surface area contributed by atoms with Crippen molar-refractivity contribution in [2.45, 2.75) is 51.1 Å². The molecule has 1 atom stereocenters. The van der Waals surface area contributed by atoms with Crippen LogP contribution < -0.4 is 5.32 Å². The molecular formula is C12H24N2. The topological polar surface area (TPSA) is 15.3 Å². The summed E-state index contributed by atoms with van der Waals surface area (Å²) in [6.07, 6.45) is 7.07. The molecular weight excluding hydrogens is 172 g/mol. The molecule has 2 fully saturated rings. The van der Waals surface area contributed by atoms with E-state index in [0.29, 0.717) is 0 Å². The molecule has 0 aromatic carbocycles. The predicted molar refractivity (Wildman–Crippen MR) is 60.5 cm³/mol. The van der Waals surface area contributed by atoms with Gasteiger partial charge in [0.05, 0.1) is 0 Å². The molecule has 0 spiro atoms. The molecule has 0 aromatic rings. The average Bonchev–Trinajstić information content (AvgIpc) is 2.15. The van der Waals surface area contributed by atoms with Gasteiger partial charge in [-0.2, -0.15) is 0 Å². The number of piperidine rings is 1. The Balaban J connectivity index is 1.82. The van der Waals surface area contributed by atoms with Crippen LogP contribution in [0.2, 0.25) is 0 Å². The van der Waals surface area contributed by atoms with Crippen LogP contribution in [0, 0.1) is 5.92 Å². The molecule has 1 saturated carbocycles. The SMILES string of the molecule is CC(C1CCNCC1)N(C)C1CCC1. The van der Waals surface area contributed by atoms with Crippen LogP contribution in [-0.2, 0) is 0 Å². The van der Waals surface area contributed by atoms with Gasteiger partial charge in [0.15, 0.2) is 0 Å². The fourth-order valence-corrected chi connectivity index (χ4v) is 2.79. The molecule has 0 radical (unpaired) electrons. The molecule has 1 aliphatic carbocycles. The van der Waals surface area contributed by atoms with Crippen molar-refractivity contribution < 1.29 is 0 Å². The molecule has 2 aliphatic rings. The Kier molecular flexibility index (Phi) is 3.45. The van der Waals surface area contributed by atoms with E-state index in [1.165, 1.54) is 45.2 Å². The summed E-state index contributed by atoms with van der Waals surface area (Å²) >= 11 is 0. The second-order valence-electron chi connectivity index (χ2n) is 5.08. The van der Waals surface area contributed by atoms with E-state index in [0.717, 1.165) is 18.0 Å². The summed E-state index contributed by atoms with van der Waals surface area (Å²) in [6.45, 7) is 4.88. The summed E-state index contributed by atoms with van der Waals surface area (Å²) in [7, 11) is 2.33. The highest BCUT2D eigenvalue weighted by atomic mass is 15.2. The minimum absolute atomic E-state index is 0.794. The Bertz CT molecular complexity index is 169. The van der Waals surface area contributed by atoms with E-state index in [9.17, 15) is 0 Å². The second kappa shape index (κ2) is 4.63. The highest BCUT2D eigenvalue weighted by molar-refractivity contribution is 4.85. The van der Waals surface area contributed by atoms with Gasteiger partial charge in [-0.15, -0.1) is 0 Å². The molecule has 0 amide bonds. The Morgan fingerprint density at radius 1 is 1.14 bits per heavy atom. The van der Waals surface area contributed by atoms with Crippen LogP contribution in [0.3, 0.4) is 0 Å². The first-order chi connectivity index (χ1) is 6.79. The molecule has 1 N–H and O–H groups in total. The third-order valence-electron chi connectivity index (χ3n) is 4.36. The molecule has 2 heteroatoms. The van der Waals surface area contributed by atoms with Crippen molar-refractivity contribution >= 4 is 0 Å². The molecule has 1 heterocycles. The van der Waals surface area contributed by atoms with Crippen LogP contribution in [0.5, 0.6) is 0 Å². The molecule has 1 aliphatic heterocycles. The highest BCUT2D eigenvalue weighted by Gasteiger charge is 2.29. The standard InChI is InChI=1S/C12H24N2/c1-10(11-6-8-13-9-7-11)14(2)12-4-3-5-12/h10-13H,3-9H2,1-2H3. The molecule has 0 aromatic heterocycles. The lowest BCUT2D eigenvalue weighted by molar-refractivity contribution is 0.0752. The van der Waals surface area contributed by atoms with Crippen molar-refractivity contribution in [2.24, 2.45) is 5.92 Å². The van der Waals surface area contributed by atoms with Crippen molar-refractivity contribution in [3.05, 3.63) is 0 Å². The largest absolute Gasteiger partial charge is 0.317 e. The minimum atomic E-state index is 0.794. The second-order valence-corrected chi connectivity index (χ2v) is 5.08. The third kappa shape index (κ3) is 2.12. The van der Waals surface area contributed by atoms with Crippen molar-refractivity contribution in [3.8, 4) is 0 Å². The highest BCUT2D eigenvalue weighted by Crippen LogP contribution is 2.29. The average molecular weight is 196 g/mol. The van der Waals surface area contributed by atoms with Gasteiger partial charge in [-0.05, 0) is 58.7 Å². The van der Waals surface area contributed by atoms with E-state index in [-0.39, 0.29) is 0 Å². The lowest BCUT2D eigenvalue weighted by Gasteiger charge is -2.42. The van der Waals surface area contributed by atoms with Crippen LogP contribution in [0.4, 0.5) is 0 Å². The molecule has 14 heavy (non-hydrogen) atoms. The van der Waals surface area contributed by atoms with Gasteiger partial charge in [0.1, 0.15) is 0 Å². The number of hydrogen-bond acceptors (Lipinski definition) is 2. The van der Waals surface area contributed by atoms with Gasteiger partial charge in [-0.25, -0.2) is 0 Å². The fraction of sp³-hybridized carbons (Fsp3) is 1.00. The maximum absolute atomic E-state index is 3.45. The van der Waals surface area contributed by atoms with Crippen molar-refractivity contribution in [2.75, 3.05) is 20.1 Å². The first-order valence-corrected chi connectivity index (χ1v) is 6.21. The first-order valence-electron chi connectivity index (χ1n) is 6.21. The summed E-state index contributed by atoms with van der Waals surface area (Å²) in [5.41, 5.74) is 0. The van der Waals surface area contributed by atoms with Crippen LogP contribution >= 0.6 is 0 Å². The Morgan fingerprint density at radius 2 is 1.79 bits per heavy atom. The van der Waals surface area contributed by atoms with Crippen molar-refractivity contribution in [3.63, 3.8) is 0 Å². The molecule has 1 unspecified atom stereocenters.